The third-order valence-electron chi connectivity index (χ3n) is 3.62. The normalized spacial score (nSPS) is 12.0. The lowest BCUT2D eigenvalue weighted by Gasteiger charge is -2.14. The maximum atomic E-state index is 4.51. The number of aromatic nitrogens is 4. The number of anilines is 1. The van der Waals surface area contributed by atoms with Crippen LogP contribution in [0.2, 0.25) is 0 Å². The van der Waals surface area contributed by atoms with Crippen LogP contribution in [0.25, 0.3) is 0 Å². The van der Waals surface area contributed by atoms with Crippen molar-refractivity contribution in [3.63, 3.8) is 0 Å². The van der Waals surface area contributed by atoms with E-state index in [1.165, 1.54) is 5.69 Å². The van der Waals surface area contributed by atoms with Crippen LogP contribution in [0, 0.1) is 6.92 Å². The van der Waals surface area contributed by atoms with Crippen molar-refractivity contribution in [1.82, 2.24) is 19.6 Å². The molecule has 0 aliphatic heterocycles. The van der Waals surface area contributed by atoms with E-state index in [4.69, 9.17) is 0 Å². The molecule has 2 heterocycles. The van der Waals surface area contributed by atoms with Crippen molar-refractivity contribution < 1.29 is 0 Å². The van der Waals surface area contributed by atoms with E-state index in [1.54, 1.807) is 0 Å². The van der Waals surface area contributed by atoms with Crippen LogP contribution in [-0.2, 0) is 13.1 Å². The second kappa shape index (κ2) is 8.08. The first-order chi connectivity index (χ1) is 9.65. The number of nitrogens with one attached hydrogen (secondary N) is 1. The number of nitrogens with zero attached hydrogens (tertiary/aromatic N) is 4. The molecular formula is C15H26ClN5. The topological polar surface area (TPSA) is 47.7 Å². The monoisotopic (exact) mass is 311 g/mol. The highest BCUT2D eigenvalue weighted by Crippen LogP contribution is 2.16. The number of aryl methyl sites for hydroxylation is 2. The van der Waals surface area contributed by atoms with Gasteiger partial charge in [0, 0.05) is 25.0 Å². The highest BCUT2D eigenvalue weighted by atomic mass is 35.5. The van der Waals surface area contributed by atoms with Gasteiger partial charge in [0.25, 0.3) is 0 Å². The number of hydrogen-bond donors (Lipinski definition) is 1. The molecule has 0 amide bonds. The Bertz CT molecular complexity index is 546. The van der Waals surface area contributed by atoms with Gasteiger partial charge in [0.05, 0.1) is 23.6 Å². The molecule has 0 aromatic carbocycles. The Balaban J connectivity index is 0.00000220. The molecule has 0 radical (unpaired) electrons. The summed E-state index contributed by atoms with van der Waals surface area (Å²) >= 11 is 0. The quantitative estimate of drug-likeness (QED) is 0.846. The van der Waals surface area contributed by atoms with E-state index < -0.39 is 0 Å². The predicted molar refractivity (Wildman–Crippen MR) is 89.1 cm³/mol. The fourth-order valence-electron chi connectivity index (χ4n) is 2.27. The second-order valence-corrected chi connectivity index (χ2v) is 5.27. The van der Waals surface area contributed by atoms with Crippen LogP contribution in [-0.4, -0.2) is 19.6 Å². The summed E-state index contributed by atoms with van der Waals surface area (Å²) in [5, 5.41) is 12.4. The molecule has 118 valence electrons. The molecule has 0 aliphatic carbocycles. The van der Waals surface area contributed by atoms with Gasteiger partial charge in [-0.05, 0) is 32.8 Å². The maximum Gasteiger partial charge on any atom is 0.0825 e. The van der Waals surface area contributed by atoms with Crippen molar-refractivity contribution in [3.05, 3.63) is 29.8 Å². The standard InChI is InChI=1S/C15H25N5.ClH/c1-5-9-19-11-15(13(4)18-19)16-10-14-7-8-17-20(14)12(3)6-2;/h7-8,11-12,16H,5-6,9-10H2,1-4H3;1H. The first kappa shape index (κ1) is 17.6. The highest BCUT2D eigenvalue weighted by molar-refractivity contribution is 5.85. The minimum atomic E-state index is 0. The second-order valence-electron chi connectivity index (χ2n) is 5.27. The fraction of sp³-hybridized carbons (Fsp3) is 0.600. The summed E-state index contributed by atoms with van der Waals surface area (Å²) in [6.07, 6.45) is 6.14. The van der Waals surface area contributed by atoms with Gasteiger partial charge in [0.2, 0.25) is 0 Å². The van der Waals surface area contributed by atoms with E-state index in [-0.39, 0.29) is 12.4 Å². The number of hydrogen-bond acceptors (Lipinski definition) is 3. The predicted octanol–water partition coefficient (Wildman–Crippen LogP) is 3.80. The van der Waals surface area contributed by atoms with Gasteiger partial charge in [-0.2, -0.15) is 10.2 Å². The molecule has 2 aromatic heterocycles. The van der Waals surface area contributed by atoms with Crippen molar-refractivity contribution >= 4 is 18.1 Å². The summed E-state index contributed by atoms with van der Waals surface area (Å²) in [7, 11) is 0. The van der Waals surface area contributed by atoms with Gasteiger partial charge in [0.1, 0.15) is 0 Å². The highest BCUT2D eigenvalue weighted by Gasteiger charge is 2.09. The molecule has 0 saturated carbocycles. The van der Waals surface area contributed by atoms with Gasteiger partial charge in [-0.25, -0.2) is 0 Å². The molecule has 0 fully saturated rings. The molecule has 0 aliphatic rings. The lowest BCUT2D eigenvalue weighted by molar-refractivity contribution is 0.462. The Kier molecular flexibility index (Phi) is 6.75. The first-order valence-corrected chi connectivity index (χ1v) is 7.46. The molecule has 0 spiro atoms. The Labute approximate surface area is 133 Å². The van der Waals surface area contributed by atoms with Gasteiger partial charge in [-0.1, -0.05) is 13.8 Å². The van der Waals surface area contributed by atoms with Crippen LogP contribution < -0.4 is 5.32 Å². The smallest absolute Gasteiger partial charge is 0.0825 e. The van der Waals surface area contributed by atoms with Gasteiger partial charge in [-0.3, -0.25) is 9.36 Å². The Morgan fingerprint density at radius 2 is 2.10 bits per heavy atom. The van der Waals surface area contributed by atoms with E-state index >= 15 is 0 Å². The number of rotatable bonds is 7. The molecule has 0 bridgehead atoms. The van der Waals surface area contributed by atoms with Crippen molar-refractivity contribution in [2.75, 3.05) is 5.32 Å². The largest absolute Gasteiger partial charge is 0.377 e. The zero-order valence-corrected chi connectivity index (χ0v) is 14.2. The van der Waals surface area contributed by atoms with E-state index in [1.807, 2.05) is 17.8 Å². The summed E-state index contributed by atoms with van der Waals surface area (Å²) in [5.74, 6) is 0. The Hall–Kier alpha value is -1.49. The molecule has 1 atom stereocenters. The SMILES string of the molecule is CCCn1cc(NCc2ccnn2C(C)CC)c(C)n1.Cl. The van der Waals surface area contributed by atoms with Crippen molar-refractivity contribution in [1.29, 1.82) is 0 Å². The minimum Gasteiger partial charge on any atom is -0.377 e. The van der Waals surface area contributed by atoms with Crippen LogP contribution in [0.1, 0.15) is 51.0 Å². The van der Waals surface area contributed by atoms with E-state index in [2.05, 4.69) is 53.2 Å². The Morgan fingerprint density at radius 3 is 2.76 bits per heavy atom. The maximum absolute atomic E-state index is 4.51. The summed E-state index contributed by atoms with van der Waals surface area (Å²) in [6.45, 7) is 10.3. The van der Waals surface area contributed by atoms with Crippen molar-refractivity contribution in [2.45, 2.75) is 59.7 Å². The lowest BCUT2D eigenvalue weighted by Crippen LogP contribution is -2.12. The molecule has 0 saturated heterocycles. The van der Waals surface area contributed by atoms with E-state index in [0.29, 0.717) is 6.04 Å². The van der Waals surface area contributed by atoms with Gasteiger partial charge in [0.15, 0.2) is 0 Å². The first-order valence-electron chi connectivity index (χ1n) is 7.46. The molecular weight excluding hydrogens is 286 g/mol. The van der Waals surface area contributed by atoms with Crippen molar-refractivity contribution in [3.8, 4) is 0 Å². The van der Waals surface area contributed by atoms with Crippen LogP contribution in [0.15, 0.2) is 18.5 Å². The van der Waals surface area contributed by atoms with E-state index in [9.17, 15) is 0 Å². The Morgan fingerprint density at radius 1 is 1.33 bits per heavy atom. The molecule has 2 rings (SSSR count). The van der Waals surface area contributed by atoms with Gasteiger partial charge < -0.3 is 5.32 Å². The average Bonchev–Trinajstić information content (AvgIpc) is 3.03. The molecule has 6 heteroatoms. The summed E-state index contributed by atoms with van der Waals surface area (Å²) in [4.78, 5) is 0. The van der Waals surface area contributed by atoms with Gasteiger partial charge in [-0.15, -0.1) is 12.4 Å². The minimum absolute atomic E-state index is 0. The van der Waals surface area contributed by atoms with Crippen LogP contribution >= 0.6 is 12.4 Å². The van der Waals surface area contributed by atoms with Crippen LogP contribution in [0.5, 0.6) is 0 Å². The average molecular weight is 312 g/mol. The van der Waals surface area contributed by atoms with E-state index in [0.717, 1.165) is 37.3 Å². The van der Waals surface area contributed by atoms with Crippen molar-refractivity contribution in [2.24, 2.45) is 0 Å². The molecule has 1 unspecified atom stereocenters. The molecule has 1 N–H and O–H groups in total. The summed E-state index contributed by atoms with van der Waals surface area (Å²) < 4.78 is 4.10. The zero-order valence-electron chi connectivity index (χ0n) is 13.3. The summed E-state index contributed by atoms with van der Waals surface area (Å²) in [5.41, 5.74) is 3.37. The number of halogens is 1. The molecule has 2 aromatic rings. The lowest BCUT2D eigenvalue weighted by atomic mass is 10.2. The van der Waals surface area contributed by atoms with Crippen LogP contribution in [0.3, 0.4) is 0 Å². The fourth-order valence-corrected chi connectivity index (χ4v) is 2.27. The summed E-state index contributed by atoms with van der Waals surface area (Å²) in [6, 6.07) is 2.51. The zero-order chi connectivity index (χ0) is 14.5. The van der Waals surface area contributed by atoms with Crippen LogP contribution in [0.4, 0.5) is 5.69 Å². The third-order valence-corrected chi connectivity index (χ3v) is 3.62. The molecule has 21 heavy (non-hydrogen) atoms. The van der Waals surface area contributed by atoms with Gasteiger partial charge >= 0.3 is 0 Å². The molecule has 5 nitrogen and oxygen atoms in total. The third kappa shape index (κ3) is 4.24.